The normalized spacial score (nSPS) is 21.8. The van der Waals surface area contributed by atoms with Crippen molar-refractivity contribution in [3.8, 4) is 5.75 Å². The molecule has 0 spiro atoms. The van der Waals surface area contributed by atoms with Gasteiger partial charge in [0.2, 0.25) is 0 Å². The van der Waals surface area contributed by atoms with Gasteiger partial charge < -0.3 is 15.8 Å². The van der Waals surface area contributed by atoms with E-state index < -0.39 is 0 Å². The van der Waals surface area contributed by atoms with Crippen LogP contribution in [0.3, 0.4) is 0 Å². The Hall–Kier alpha value is -1.55. The molecule has 116 valence electrons. The van der Waals surface area contributed by atoms with E-state index in [2.05, 4.69) is 12.2 Å². The number of rotatable bonds is 6. The van der Waals surface area contributed by atoms with E-state index in [1.165, 1.54) is 19.3 Å². The maximum atomic E-state index is 12.0. The highest BCUT2D eigenvalue weighted by atomic mass is 16.5. The molecule has 2 unspecified atom stereocenters. The SMILES string of the molecule is CCC1CCCCC1NC(=O)COc1ccc(CN)cc1. The molecule has 4 heteroatoms. The predicted molar refractivity (Wildman–Crippen MR) is 84.0 cm³/mol. The second-order valence-electron chi connectivity index (χ2n) is 5.76. The largest absolute Gasteiger partial charge is 0.484 e. The van der Waals surface area contributed by atoms with Crippen LogP contribution in [0.4, 0.5) is 0 Å². The Bertz CT molecular complexity index is 445. The number of nitrogens with one attached hydrogen (secondary N) is 1. The topological polar surface area (TPSA) is 64.3 Å². The number of hydrogen-bond acceptors (Lipinski definition) is 3. The molecule has 2 rings (SSSR count). The minimum Gasteiger partial charge on any atom is -0.484 e. The zero-order valence-corrected chi connectivity index (χ0v) is 12.8. The van der Waals surface area contributed by atoms with Crippen molar-refractivity contribution in [2.24, 2.45) is 11.7 Å². The second kappa shape index (κ2) is 8.03. The van der Waals surface area contributed by atoms with Crippen LogP contribution in [0.25, 0.3) is 0 Å². The molecule has 0 aromatic heterocycles. The maximum absolute atomic E-state index is 12.0. The summed E-state index contributed by atoms with van der Waals surface area (Å²) in [7, 11) is 0. The van der Waals surface area contributed by atoms with Crippen molar-refractivity contribution in [1.82, 2.24) is 5.32 Å². The van der Waals surface area contributed by atoms with Crippen LogP contribution >= 0.6 is 0 Å². The van der Waals surface area contributed by atoms with E-state index >= 15 is 0 Å². The van der Waals surface area contributed by atoms with Crippen LogP contribution in [-0.2, 0) is 11.3 Å². The van der Waals surface area contributed by atoms with E-state index in [9.17, 15) is 4.79 Å². The Morgan fingerprint density at radius 3 is 2.67 bits per heavy atom. The van der Waals surface area contributed by atoms with Gasteiger partial charge in [0.1, 0.15) is 5.75 Å². The quantitative estimate of drug-likeness (QED) is 0.846. The van der Waals surface area contributed by atoms with Crippen molar-refractivity contribution in [3.63, 3.8) is 0 Å². The lowest BCUT2D eigenvalue weighted by atomic mass is 9.83. The number of ether oxygens (including phenoxy) is 1. The Morgan fingerprint density at radius 2 is 2.00 bits per heavy atom. The molecule has 0 saturated heterocycles. The number of carbonyl (C=O) groups excluding carboxylic acids is 1. The number of carbonyl (C=O) groups is 1. The molecule has 4 nitrogen and oxygen atoms in total. The van der Waals surface area contributed by atoms with E-state index in [0.717, 1.165) is 18.4 Å². The lowest BCUT2D eigenvalue weighted by molar-refractivity contribution is -0.124. The summed E-state index contributed by atoms with van der Waals surface area (Å²) in [6.45, 7) is 2.79. The molecule has 1 saturated carbocycles. The molecule has 0 aliphatic heterocycles. The molecule has 1 amide bonds. The number of hydrogen-bond donors (Lipinski definition) is 2. The summed E-state index contributed by atoms with van der Waals surface area (Å²) in [6, 6.07) is 7.86. The first-order chi connectivity index (χ1) is 10.2. The minimum atomic E-state index is -0.0248. The van der Waals surface area contributed by atoms with Crippen molar-refractivity contribution >= 4 is 5.91 Å². The van der Waals surface area contributed by atoms with Gasteiger partial charge in [0.15, 0.2) is 6.61 Å². The third kappa shape index (κ3) is 4.74. The van der Waals surface area contributed by atoms with E-state index in [0.29, 0.717) is 24.3 Å². The standard InChI is InChI=1S/C17H26N2O2/c1-2-14-5-3-4-6-16(14)19-17(20)12-21-15-9-7-13(11-18)8-10-15/h7-10,14,16H,2-6,11-12,18H2,1H3,(H,19,20). The number of benzene rings is 1. The molecular formula is C17H26N2O2. The van der Waals surface area contributed by atoms with Gasteiger partial charge in [0.25, 0.3) is 5.91 Å². The van der Waals surface area contributed by atoms with Crippen LogP contribution in [0.2, 0.25) is 0 Å². The van der Waals surface area contributed by atoms with Crippen LogP contribution in [0, 0.1) is 5.92 Å². The monoisotopic (exact) mass is 290 g/mol. The van der Waals surface area contributed by atoms with Gasteiger partial charge in [-0.2, -0.15) is 0 Å². The van der Waals surface area contributed by atoms with Crippen molar-refractivity contribution in [2.75, 3.05) is 6.61 Å². The van der Waals surface area contributed by atoms with Gasteiger partial charge in [-0.15, -0.1) is 0 Å². The zero-order valence-electron chi connectivity index (χ0n) is 12.8. The molecule has 1 aromatic rings. The first kappa shape index (κ1) is 15.8. The molecule has 0 heterocycles. The van der Waals surface area contributed by atoms with Crippen molar-refractivity contribution in [1.29, 1.82) is 0 Å². The van der Waals surface area contributed by atoms with Crippen LogP contribution in [-0.4, -0.2) is 18.6 Å². The highest BCUT2D eigenvalue weighted by molar-refractivity contribution is 5.77. The summed E-state index contributed by atoms with van der Waals surface area (Å²) in [5.74, 6) is 1.30. The molecule has 0 radical (unpaired) electrons. The third-order valence-electron chi connectivity index (χ3n) is 4.31. The van der Waals surface area contributed by atoms with Gasteiger partial charge in [-0.25, -0.2) is 0 Å². The van der Waals surface area contributed by atoms with Crippen LogP contribution < -0.4 is 15.8 Å². The highest BCUT2D eigenvalue weighted by Crippen LogP contribution is 2.26. The Balaban J connectivity index is 1.78. The van der Waals surface area contributed by atoms with Gasteiger partial charge in [-0.05, 0) is 36.5 Å². The predicted octanol–water partition coefficient (Wildman–Crippen LogP) is 2.61. The van der Waals surface area contributed by atoms with Crippen molar-refractivity contribution in [3.05, 3.63) is 29.8 Å². The summed E-state index contributed by atoms with van der Waals surface area (Å²) in [5, 5.41) is 3.13. The lowest BCUT2D eigenvalue weighted by Crippen LogP contribution is -2.43. The smallest absolute Gasteiger partial charge is 0.258 e. The van der Waals surface area contributed by atoms with Crippen LogP contribution in [0.15, 0.2) is 24.3 Å². The van der Waals surface area contributed by atoms with Crippen molar-refractivity contribution < 1.29 is 9.53 Å². The molecule has 1 aliphatic carbocycles. The molecule has 1 aliphatic rings. The fraction of sp³-hybridized carbons (Fsp3) is 0.588. The average Bonchev–Trinajstić information content (AvgIpc) is 2.54. The van der Waals surface area contributed by atoms with Gasteiger partial charge in [0, 0.05) is 12.6 Å². The Kier molecular flexibility index (Phi) is 6.05. The summed E-state index contributed by atoms with van der Waals surface area (Å²) in [4.78, 5) is 12.0. The molecule has 1 aromatic carbocycles. The number of amides is 1. The van der Waals surface area contributed by atoms with E-state index in [-0.39, 0.29) is 12.5 Å². The lowest BCUT2D eigenvalue weighted by Gasteiger charge is -2.31. The molecule has 2 atom stereocenters. The Morgan fingerprint density at radius 1 is 1.29 bits per heavy atom. The van der Waals surface area contributed by atoms with Gasteiger partial charge >= 0.3 is 0 Å². The maximum Gasteiger partial charge on any atom is 0.258 e. The fourth-order valence-corrected chi connectivity index (χ4v) is 3.01. The van der Waals surface area contributed by atoms with Crippen molar-refractivity contribution in [2.45, 2.75) is 51.6 Å². The molecule has 0 bridgehead atoms. The van der Waals surface area contributed by atoms with Gasteiger partial charge in [0.05, 0.1) is 0 Å². The summed E-state index contributed by atoms with van der Waals surface area (Å²) in [5.41, 5.74) is 6.60. The molecule has 1 fully saturated rings. The van der Waals surface area contributed by atoms with Crippen LogP contribution in [0.5, 0.6) is 5.75 Å². The second-order valence-corrected chi connectivity index (χ2v) is 5.76. The average molecular weight is 290 g/mol. The summed E-state index contributed by atoms with van der Waals surface area (Å²) < 4.78 is 5.52. The first-order valence-corrected chi connectivity index (χ1v) is 7.94. The van der Waals surface area contributed by atoms with E-state index in [4.69, 9.17) is 10.5 Å². The van der Waals surface area contributed by atoms with E-state index in [1.807, 2.05) is 24.3 Å². The summed E-state index contributed by atoms with van der Waals surface area (Å²) in [6.07, 6.45) is 5.95. The third-order valence-corrected chi connectivity index (χ3v) is 4.31. The number of nitrogens with two attached hydrogens (primary N) is 1. The van der Waals surface area contributed by atoms with Gasteiger partial charge in [-0.1, -0.05) is 38.3 Å². The summed E-state index contributed by atoms with van der Waals surface area (Å²) >= 11 is 0. The molecule has 21 heavy (non-hydrogen) atoms. The Labute approximate surface area is 127 Å². The fourth-order valence-electron chi connectivity index (χ4n) is 3.01. The van der Waals surface area contributed by atoms with Crippen LogP contribution in [0.1, 0.15) is 44.6 Å². The van der Waals surface area contributed by atoms with Gasteiger partial charge in [-0.3, -0.25) is 4.79 Å². The molecular weight excluding hydrogens is 264 g/mol. The minimum absolute atomic E-state index is 0.0248. The zero-order chi connectivity index (χ0) is 15.1. The highest BCUT2D eigenvalue weighted by Gasteiger charge is 2.24. The first-order valence-electron chi connectivity index (χ1n) is 7.94. The molecule has 3 N–H and O–H groups in total. The van der Waals surface area contributed by atoms with E-state index in [1.54, 1.807) is 0 Å².